The molecule has 29 heavy (non-hydrogen) atoms. The number of rotatable bonds is 4. The van der Waals surface area contributed by atoms with Crippen molar-refractivity contribution in [2.45, 2.75) is 46.5 Å². The monoisotopic (exact) mass is 383 g/mol. The van der Waals surface area contributed by atoms with Crippen molar-refractivity contribution >= 4 is 5.69 Å². The molecule has 0 spiro atoms. The van der Waals surface area contributed by atoms with Gasteiger partial charge in [-0.3, -0.25) is 0 Å². The minimum Gasteiger partial charge on any atom is -0.348 e. The van der Waals surface area contributed by atoms with E-state index in [1.54, 1.807) is 5.57 Å². The number of benzene rings is 2. The second kappa shape index (κ2) is 8.06. The van der Waals surface area contributed by atoms with Gasteiger partial charge in [0.2, 0.25) is 0 Å². The number of allylic oxidation sites excluding steroid dienone is 6. The quantitative estimate of drug-likeness (QED) is 0.521. The third kappa shape index (κ3) is 4.24. The lowest BCUT2D eigenvalue weighted by atomic mass is 9.70. The van der Waals surface area contributed by atoms with Gasteiger partial charge in [0.25, 0.3) is 0 Å². The predicted octanol–water partition coefficient (Wildman–Crippen LogP) is 7.78. The number of hydrogen-bond donors (Lipinski definition) is 0. The van der Waals surface area contributed by atoms with Gasteiger partial charge >= 0.3 is 0 Å². The van der Waals surface area contributed by atoms with Crippen LogP contribution in [0.5, 0.6) is 0 Å². The van der Waals surface area contributed by atoms with E-state index in [1.165, 1.54) is 40.9 Å². The molecule has 0 heterocycles. The van der Waals surface area contributed by atoms with Crippen LogP contribution in [0, 0.1) is 11.3 Å². The lowest BCUT2D eigenvalue weighted by Crippen LogP contribution is -2.29. The summed E-state index contributed by atoms with van der Waals surface area (Å²) in [4.78, 5) is 2.43. The maximum atomic E-state index is 2.43. The summed E-state index contributed by atoms with van der Waals surface area (Å²) in [6.07, 6.45) is 11.5. The van der Waals surface area contributed by atoms with Crippen LogP contribution >= 0.6 is 0 Å². The van der Waals surface area contributed by atoms with Gasteiger partial charge in [-0.25, -0.2) is 0 Å². The van der Waals surface area contributed by atoms with E-state index in [1.807, 2.05) is 0 Å². The average Bonchev–Trinajstić information content (AvgIpc) is 3.28. The fourth-order valence-corrected chi connectivity index (χ4v) is 4.69. The van der Waals surface area contributed by atoms with Gasteiger partial charge in [-0.2, -0.15) is 0 Å². The molecule has 1 atom stereocenters. The van der Waals surface area contributed by atoms with Gasteiger partial charge in [-0.1, -0.05) is 81.5 Å². The smallest absolute Gasteiger partial charge is 0.0406 e. The Bertz CT molecular complexity index is 936. The highest BCUT2D eigenvalue weighted by molar-refractivity contribution is 5.67. The molecule has 0 bridgehead atoms. The Labute approximate surface area is 176 Å². The van der Waals surface area contributed by atoms with Crippen molar-refractivity contribution in [3.05, 3.63) is 89.7 Å². The largest absolute Gasteiger partial charge is 0.348 e. The maximum absolute atomic E-state index is 2.43. The molecule has 0 amide bonds. The van der Waals surface area contributed by atoms with E-state index in [0.29, 0.717) is 5.41 Å². The first-order valence-electron chi connectivity index (χ1n) is 10.9. The number of nitrogens with zero attached hydrogens (tertiary/aromatic N) is 1. The van der Waals surface area contributed by atoms with Crippen LogP contribution < -0.4 is 4.90 Å². The highest BCUT2D eigenvalue weighted by atomic mass is 15.1. The zero-order valence-corrected chi connectivity index (χ0v) is 18.3. The van der Waals surface area contributed by atoms with Crippen LogP contribution in [0.15, 0.2) is 89.7 Å². The molecular formula is C28H33N. The molecule has 2 aromatic rings. The average molecular weight is 384 g/mol. The molecule has 0 aromatic heterocycles. The minimum atomic E-state index is 0.360. The van der Waals surface area contributed by atoms with Gasteiger partial charge in [-0.05, 0) is 71.4 Å². The van der Waals surface area contributed by atoms with E-state index >= 15 is 0 Å². The normalized spacial score (nSPS) is 19.4. The lowest BCUT2D eigenvalue weighted by Gasteiger charge is -2.39. The summed E-state index contributed by atoms with van der Waals surface area (Å²) in [7, 11) is 2.24. The van der Waals surface area contributed by atoms with Gasteiger partial charge in [0.1, 0.15) is 0 Å². The molecule has 0 aliphatic heterocycles. The van der Waals surface area contributed by atoms with Crippen molar-refractivity contribution in [3.8, 4) is 11.1 Å². The third-order valence-electron chi connectivity index (χ3n) is 6.68. The molecule has 0 radical (unpaired) electrons. The molecule has 150 valence electrons. The summed E-state index contributed by atoms with van der Waals surface area (Å²) >= 11 is 0. The Morgan fingerprint density at radius 2 is 1.59 bits per heavy atom. The molecule has 4 rings (SSSR count). The van der Waals surface area contributed by atoms with Gasteiger partial charge in [-0.15, -0.1) is 0 Å². The van der Waals surface area contributed by atoms with Crippen LogP contribution in [0.3, 0.4) is 0 Å². The van der Waals surface area contributed by atoms with Crippen LogP contribution in [0.25, 0.3) is 11.1 Å². The zero-order chi connectivity index (χ0) is 20.4. The Morgan fingerprint density at radius 3 is 2.21 bits per heavy atom. The predicted molar refractivity (Wildman–Crippen MR) is 126 cm³/mol. The molecule has 1 unspecified atom stereocenters. The first kappa shape index (κ1) is 19.8. The van der Waals surface area contributed by atoms with E-state index in [9.17, 15) is 0 Å². The van der Waals surface area contributed by atoms with Crippen LogP contribution in [-0.4, -0.2) is 7.05 Å². The summed E-state index contributed by atoms with van der Waals surface area (Å²) < 4.78 is 0. The molecule has 0 saturated heterocycles. The Hall–Kier alpha value is -2.54. The summed E-state index contributed by atoms with van der Waals surface area (Å²) in [6.45, 7) is 7.19. The molecular weight excluding hydrogens is 350 g/mol. The Balaban J connectivity index is 1.64. The molecule has 2 aliphatic carbocycles. The standard InChI is InChI=1S/C28H33N/c1-28(2,3)24-16-19-27(26(20-24)23-12-8-9-13-23)29(4)25-17-14-22(15-18-25)21-10-6-5-7-11-21/h5-12,14-15,17-18,24H,13,16,19-20H2,1-4H3. The summed E-state index contributed by atoms with van der Waals surface area (Å²) in [6, 6.07) is 19.7. The number of anilines is 1. The van der Waals surface area contributed by atoms with Crippen molar-refractivity contribution in [2.24, 2.45) is 11.3 Å². The second-order valence-electron chi connectivity index (χ2n) is 9.53. The highest BCUT2D eigenvalue weighted by Gasteiger charge is 2.32. The van der Waals surface area contributed by atoms with Crippen molar-refractivity contribution in [3.63, 3.8) is 0 Å². The fraction of sp³-hybridized carbons (Fsp3) is 0.357. The van der Waals surface area contributed by atoms with E-state index in [-0.39, 0.29) is 0 Å². The highest BCUT2D eigenvalue weighted by Crippen LogP contribution is 2.45. The van der Waals surface area contributed by atoms with Gasteiger partial charge < -0.3 is 4.90 Å². The minimum absolute atomic E-state index is 0.360. The maximum Gasteiger partial charge on any atom is 0.0406 e. The van der Waals surface area contributed by atoms with Crippen LogP contribution in [0.4, 0.5) is 5.69 Å². The van der Waals surface area contributed by atoms with Crippen LogP contribution in [0.2, 0.25) is 0 Å². The second-order valence-corrected chi connectivity index (χ2v) is 9.53. The van der Waals surface area contributed by atoms with Crippen molar-refractivity contribution in [2.75, 3.05) is 11.9 Å². The Kier molecular flexibility index (Phi) is 5.50. The lowest BCUT2D eigenvalue weighted by molar-refractivity contribution is 0.216. The van der Waals surface area contributed by atoms with E-state index < -0.39 is 0 Å². The van der Waals surface area contributed by atoms with Crippen LogP contribution in [0.1, 0.15) is 46.5 Å². The first-order chi connectivity index (χ1) is 13.9. The topological polar surface area (TPSA) is 3.24 Å². The van der Waals surface area contributed by atoms with Crippen molar-refractivity contribution < 1.29 is 0 Å². The molecule has 0 fully saturated rings. The fourth-order valence-electron chi connectivity index (χ4n) is 4.69. The van der Waals surface area contributed by atoms with Gasteiger partial charge in [0.15, 0.2) is 0 Å². The van der Waals surface area contributed by atoms with E-state index in [2.05, 4.69) is 106 Å². The van der Waals surface area contributed by atoms with E-state index in [0.717, 1.165) is 18.8 Å². The Morgan fingerprint density at radius 1 is 0.897 bits per heavy atom. The SMILES string of the molecule is CN(C1=C(C2=CC=CC2)CC(C(C)(C)C)CC1)c1ccc(-c2ccccc2)cc1. The summed E-state index contributed by atoms with van der Waals surface area (Å²) in [5, 5.41) is 0. The molecule has 0 N–H and O–H groups in total. The molecule has 1 heteroatoms. The summed E-state index contributed by atoms with van der Waals surface area (Å²) in [5.74, 6) is 0.747. The van der Waals surface area contributed by atoms with Crippen molar-refractivity contribution in [1.29, 1.82) is 0 Å². The third-order valence-corrected chi connectivity index (χ3v) is 6.68. The first-order valence-corrected chi connectivity index (χ1v) is 10.9. The summed E-state index contributed by atoms with van der Waals surface area (Å²) in [5.41, 5.74) is 8.79. The van der Waals surface area contributed by atoms with Crippen LogP contribution in [-0.2, 0) is 0 Å². The molecule has 2 aliphatic rings. The molecule has 1 nitrogen and oxygen atoms in total. The van der Waals surface area contributed by atoms with E-state index in [4.69, 9.17) is 0 Å². The van der Waals surface area contributed by atoms with Gasteiger partial charge in [0, 0.05) is 18.4 Å². The van der Waals surface area contributed by atoms with Gasteiger partial charge in [0.05, 0.1) is 0 Å². The van der Waals surface area contributed by atoms with Crippen molar-refractivity contribution in [1.82, 2.24) is 0 Å². The molecule has 0 saturated carbocycles. The molecule has 2 aromatic carbocycles. The zero-order valence-electron chi connectivity index (χ0n) is 18.3. The number of hydrogen-bond acceptors (Lipinski definition) is 1.